The van der Waals surface area contributed by atoms with Gasteiger partial charge in [0.25, 0.3) is 0 Å². The molecule has 98 valence electrons. The van der Waals surface area contributed by atoms with E-state index in [1.54, 1.807) is 4.90 Å². The molecule has 0 unspecified atom stereocenters. The van der Waals surface area contributed by atoms with E-state index in [0.29, 0.717) is 26.1 Å². The predicted octanol–water partition coefficient (Wildman–Crippen LogP) is 1.07. The van der Waals surface area contributed by atoms with E-state index in [0.717, 1.165) is 10.6 Å². The maximum Gasteiger partial charge on any atom is 0.236 e. The molecule has 1 heterocycles. The van der Waals surface area contributed by atoms with Gasteiger partial charge < -0.3 is 15.4 Å². The van der Waals surface area contributed by atoms with Gasteiger partial charge in [-0.3, -0.25) is 4.79 Å². The van der Waals surface area contributed by atoms with Crippen molar-refractivity contribution in [3.8, 4) is 0 Å². The highest BCUT2D eigenvalue weighted by Crippen LogP contribution is 2.19. The van der Waals surface area contributed by atoms with E-state index in [1.165, 1.54) is 0 Å². The molecule has 1 aromatic carbocycles. The number of hydrogen-bond donors (Lipinski definition) is 1. The van der Waals surface area contributed by atoms with Crippen LogP contribution in [-0.4, -0.2) is 43.2 Å². The molecule has 2 N–H and O–H groups in total. The molecule has 0 bridgehead atoms. The molecular formula is C13H17ClN2O2. The third-order valence-corrected chi connectivity index (χ3v) is 3.44. The largest absolute Gasteiger partial charge is 0.374 e. The Morgan fingerprint density at radius 2 is 2.28 bits per heavy atom. The third-order valence-electron chi connectivity index (χ3n) is 3.07. The minimum absolute atomic E-state index is 0.00542. The number of nitrogens with two attached hydrogens (primary N) is 1. The summed E-state index contributed by atoms with van der Waals surface area (Å²) in [4.78, 5) is 13.3. The molecule has 1 aromatic rings. The van der Waals surface area contributed by atoms with E-state index in [2.05, 4.69) is 0 Å². The van der Waals surface area contributed by atoms with Gasteiger partial charge in [0, 0.05) is 24.5 Å². The monoisotopic (exact) mass is 268 g/mol. The number of carbonyl (C=O) groups excluding carboxylic acids is 1. The van der Waals surface area contributed by atoms with Crippen LogP contribution in [0.5, 0.6) is 0 Å². The second kappa shape index (κ2) is 6.18. The molecule has 5 heteroatoms. The third kappa shape index (κ3) is 3.22. The van der Waals surface area contributed by atoms with E-state index in [1.807, 2.05) is 24.3 Å². The molecule has 18 heavy (non-hydrogen) atoms. The van der Waals surface area contributed by atoms with Gasteiger partial charge in [-0.15, -0.1) is 0 Å². The summed E-state index contributed by atoms with van der Waals surface area (Å²) < 4.78 is 5.67. The quantitative estimate of drug-likeness (QED) is 0.892. The zero-order chi connectivity index (χ0) is 13.0. The van der Waals surface area contributed by atoms with Crippen molar-refractivity contribution in [2.75, 3.05) is 26.2 Å². The minimum Gasteiger partial charge on any atom is -0.374 e. The average molecular weight is 269 g/mol. The summed E-state index contributed by atoms with van der Waals surface area (Å²) >= 11 is 6.11. The highest BCUT2D eigenvalue weighted by Gasteiger charge is 2.23. The van der Waals surface area contributed by atoms with E-state index in [4.69, 9.17) is 22.1 Å². The second-order valence-corrected chi connectivity index (χ2v) is 4.74. The number of morpholine rings is 1. The smallest absolute Gasteiger partial charge is 0.236 e. The molecule has 0 spiro atoms. The van der Waals surface area contributed by atoms with Gasteiger partial charge in [0.2, 0.25) is 5.91 Å². The maximum absolute atomic E-state index is 11.6. The number of halogens is 1. The SMILES string of the molecule is NCC(=O)N1CCO[C@H](Cc2ccccc2Cl)C1. The summed E-state index contributed by atoms with van der Waals surface area (Å²) in [5, 5.41) is 0.739. The zero-order valence-electron chi connectivity index (χ0n) is 10.1. The van der Waals surface area contributed by atoms with Crippen molar-refractivity contribution in [1.82, 2.24) is 4.90 Å². The van der Waals surface area contributed by atoms with E-state index in [9.17, 15) is 4.79 Å². The average Bonchev–Trinajstić information content (AvgIpc) is 2.41. The van der Waals surface area contributed by atoms with Crippen LogP contribution in [0.15, 0.2) is 24.3 Å². The van der Waals surface area contributed by atoms with Crippen molar-refractivity contribution in [3.63, 3.8) is 0 Å². The topological polar surface area (TPSA) is 55.6 Å². The Labute approximate surface area is 112 Å². The fourth-order valence-electron chi connectivity index (χ4n) is 2.11. The Kier molecular flexibility index (Phi) is 4.58. The standard InChI is InChI=1S/C13H17ClN2O2/c14-12-4-2-1-3-10(12)7-11-9-16(5-6-18-11)13(17)8-15/h1-4,11H,5-9,15H2/t11-/m1/s1. The van der Waals surface area contributed by atoms with E-state index in [-0.39, 0.29) is 18.6 Å². The van der Waals surface area contributed by atoms with Gasteiger partial charge in [-0.05, 0) is 11.6 Å². The second-order valence-electron chi connectivity index (χ2n) is 4.33. The molecule has 0 saturated carbocycles. The summed E-state index contributed by atoms with van der Waals surface area (Å²) in [6, 6.07) is 7.70. The molecule has 1 saturated heterocycles. The summed E-state index contributed by atoms with van der Waals surface area (Å²) in [5.41, 5.74) is 6.42. The Morgan fingerprint density at radius 3 is 3.00 bits per heavy atom. The molecule has 2 rings (SSSR count). The number of rotatable bonds is 3. The lowest BCUT2D eigenvalue weighted by Gasteiger charge is -2.33. The van der Waals surface area contributed by atoms with Crippen LogP contribution in [0, 0.1) is 0 Å². The van der Waals surface area contributed by atoms with E-state index < -0.39 is 0 Å². The van der Waals surface area contributed by atoms with Crippen molar-refractivity contribution in [2.45, 2.75) is 12.5 Å². The van der Waals surface area contributed by atoms with Crippen LogP contribution >= 0.6 is 11.6 Å². The summed E-state index contributed by atoms with van der Waals surface area (Å²) in [7, 11) is 0. The van der Waals surface area contributed by atoms with Gasteiger partial charge in [0.1, 0.15) is 0 Å². The van der Waals surface area contributed by atoms with Gasteiger partial charge in [-0.2, -0.15) is 0 Å². The highest BCUT2D eigenvalue weighted by atomic mass is 35.5. The molecule has 1 fully saturated rings. The number of amides is 1. The highest BCUT2D eigenvalue weighted by molar-refractivity contribution is 6.31. The fraction of sp³-hybridized carbons (Fsp3) is 0.462. The Morgan fingerprint density at radius 1 is 1.50 bits per heavy atom. The molecule has 4 nitrogen and oxygen atoms in total. The van der Waals surface area contributed by atoms with Crippen LogP contribution < -0.4 is 5.73 Å². The first-order chi connectivity index (χ1) is 8.70. The van der Waals surface area contributed by atoms with Crippen molar-refractivity contribution in [1.29, 1.82) is 0 Å². The predicted molar refractivity (Wildman–Crippen MR) is 70.5 cm³/mol. The van der Waals surface area contributed by atoms with Gasteiger partial charge in [-0.1, -0.05) is 29.8 Å². The van der Waals surface area contributed by atoms with Crippen LogP contribution in [0.1, 0.15) is 5.56 Å². The normalized spacial score (nSPS) is 19.9. The zero-order valence-corrected chi connectivity index (χ0v) is 10.9. The molecule has 0 aliphatic carbocycles. The van der Waals surface area contributed by atoms with Crippen LogP contribution in [-0.2, 0) is 16.0 Å². The first-order valence-corrected chi connectivity index (χ1v) is 6.41. The minimum atomic E-state index is -0.0255. The number of nitrogens with zero attached hydrogens (tertiary/aromatic N) is 1. The van der Waals surface area contributed by atoms with Crippen LogP contribution in [0.2, 0.25) is 5.02 Å². The maximum atomic E-state index is 11.6. The van der Waals surface area contributed by atoms with Crippen LogP contribution in [0.3, 0.4) is 0 Å². The number of carbonyl (C=O) groups is 1. The lowest BCUT2D eigenvalue weighted by Crippen LogP contribution is -2.48. The van der Waals surface area contributed by atoms with Crippen molar-refractivity contribution in [2.24, 2.45) is 5.73 Å². The summed E-state index contributed by atoms with van der Waals surface area (Å²) in [6.07, 6.45) is 0.711. The Hall–Kier alpha value is -1.10. The van der Waals surface area contributed by atoms with Crippen molar-refractivity contribution in [3.05, 3.63) is 34.9 Å². The van der Waals surface area contributed by atoms with Crippen LogP contribution in [0.4, 0.5) is 0 Å². The number of benzene rings is 1. The van der Waals surface area contributed by atoms with E-state index >= 15 is 0 Å². The fourth-order valence-corrected chi connectivity index (χ4v) is 2.32. The molecule has 1 aliphatic heterocycles. The van der Waals surface area contributed by atoms with Gasteiger partial charge in [-0.25, -0.2) is 0 Å². The van der Waals surface area contributed by atoms with Gasteiger partial charge in [0.15, 0.2) is 0 Å². The lowest BCUT2D eigenvalue weighted by atomic mass is 10.1. The van der Waals surface area contributed by atoms with Gasteiger partial charge in [0.05, 0.1) is 19.3 Å². The van der Waals surface area contributed by atoms with Crippen molar-refractivity contribution >= 4 is 17.5 Å². The lowest BCUT2D eigenvalue weighted by molar-refractivity contribution is -0.137. The molecule has 0 aromatic heterocycles. The molecule has 1 aliphatic rings. The Balaban J connectivity index is 1.98. The van der Waals surface area contributed by atoms with Gasteiger partial charge >= 0.3 is 0 Å². The number of hydrogen-bond acceptors (Lipinski definition) is 3. The molecule has 0 radical (unpaired) electrons. The Bertz CT molecular complexity index is 425. The number of ether oxygens (including phenoxy) is 1. The first-order valence-electron chi connectivity index (χ1n) is 6.03. The summed E-state index contributed by atoms with van der Waals surface area (Å²) in [5.74, 6) is -0.0255. The first kappa shape index (κ1) is 13.3. The summed E-state index contributed by atoms with van der Waals surface area (Å²) in [6.45, 7) is 1.82. The molecule has 1 atom stereocenters. The van der Waals surface area contributed by atoms with Crippen LogP contribution in [0.25, 0.3) is 0 Å². The molecule has 1 amide bonds. The van der Waals surface area contributed by atoms with Crippen molar-refractivity contribution < 1.29 is 9.53 Å². The molecular weight excluding hydrogens is 252 g/mol.